The number of ether oxygens (including phenoxy) is 2. The lowest BCUT2D eigenvalue weighted by molar-refractivity contribution is -0.146. The van der Waals surface area contributed by atoms with Gasteiger partial charge in [-0.25, -0.2) is 4.79 Å². The second-order valence-corrected chi connectivity index (χ2v) is 4.05. The zero-order valence-electron chi connectivity index (χ0n) is 10.9. The van der Waals surface area contributed by atoms with Crippen LogP contribution in [0.2, 0.25) is 0 Å². The van der Waals surface area contributed by atoms with Gasteiger partial charge in [-0.15, -0.1) is 0 Å². The second-order valence-electron chi connectivity index (χ2n) is 4.05. The average molecular weight is 251 g/mol. The SMILES string of the molecule is CCCCOC(=O)COc1cccc(CCN)c1. The van der Waals surface area contributed by atoms with Gasteiger partial charge < -0.3 is 15.2 Å². The van der Waals surface area contributed by atoms with E-state index in [2.05, 4.69) is 0 Å². The monoisotopic (exact) mass is 251 g/mol. The normalized spacial score (nSPS) is 10.1. The average Bonchev–Trinajstić information content (AvgIpc) is 2.38. The van der Waals surface area contributed by atoms with Crippen LogP contribution in [-0.2, 0) is 16.0 Å². The Hall–Kier alpha value is -1.55. The molecule has 0 saturated carbocycles. The van der Waals surface area contributed by atoms with Crippen molar-refractivity contribution < 1.29 is 14.3 Å². The van der Waals surface area contributed by atoms with Gasteiger partial charge in [0.25, 0.3) is 0 Å². The predicted molar refractivity (Wildman–Crippen MR) is 70.6 cm³/mol. The molecule has 0 spiro atoms. The molecule has 0 atom stereocenters. The van der Waals surface area contributed by atoms with E-state index in [1.165, 1.54) is 0 Å². The van der Waals surface area contributed by atoms with Gasteiger partial charge in [0.05, 0.1) is 6.61 Å². The Morgan fingerprint density at radius 1 is 1.39 bits per heavy atom. The molecule has 4 heteroatoms. The maximum atomic E-state index is 11.3. The quantitative estimate of drug-likeness (QED) is 0.566. The third kappa shape index (κ3) is 5.68. The molecule has 18 heavy (non-hydrogen) atoms. The summed E-state index contributed by atoms with van der Waals surface area (Å²) in [5.74, 6) is 0.348. The molecule has 0 amide bonds. The van der Waals surface area contributed by atoms with Crippen LogP contribution in [0.3, 0.4) is 0 Å². The van der Waals surface area contributed by atoms with Gasteiger partial charge in [0.2, 0.25) is 0 Å². The number of carbonyl (C=O) groups is 1. The first kappa shape index (κ1) is 14.5. The smallest absolute Gasteiger partial charge is 0.344 e. The molecule has 0 heterocycles. The number of nitrogens with two attached hydrogens (primary N) is 1. The molecule has 1 aromatic rings. The molecule has 0 unspecified atom stereocenters. The van der Waals surface area contributed by atoms with Crippen LogP contribution in [0.25, 0.3) is 0 Å². The Labute approximate surface area is 108 Å². The van der Waals surface area contributed by atoms with Gasteiger partial charge in [-0.1, -0.05) is 25.5 Å². The van der Waals surface area contributed by atoms with Crippen LogP contribution in [0, 0.1) is 0 Å². The van der Waals surface area contributed by atoms with E-state index >= 15 is 0 Å². The summed E-state index contributed by atoms with van der Waals surface area (Å²) in [5.41, 5.74) is 6.59. The second kappa shape index (κ2) is 8.53. The van der Waals surface area contributed by atoms with E-state index in [0.717, 1.165) is 24.8 Å². The van der Waals surface area contributed by atoms with E-state index in [1.807, 2.05) is 31.2 Å². The Kier molecular flexibility index (Phi) is 6.87. The van der Waals surface area contributed by atoms with Crippen molar-refractivity contribution in [3.05, 3.63) is 29.8 Å². The maximum absolute atomic E-state index is 11.3. The van der Waals surface area contributed by atoms with Crippen molar-refractivity contribution in [3.63, 3.8) is 0 Å². The highest BCUT2D eigenvalue weighted by molar-refractivity contribution is 5.71. The first-order chi connectivity index (χ1) is 8.76. The molecule has 0 saturated heterocycles. The van der Waals surface area contributed by atoms with E-state index in [4.69, 9.17) is 15.2 Å². The highest BCUT2D eigenvalue weighted by Gasteiger charge is 2.04. The van der Waals surface area contributed by atoms with Crippen LogP contribution in [0.15, 0.2) is 24.3 Å². The molecule has 0 aromatic heterocycles. The van der Waals surface area contributed by atoms with E-state index < -0.39 is 0 Å². The summed E-state index contributed by atoms with van der Waals surface area (Å²) >= 11 is 0. The molecule has 1 rings (SSSR count). The molecule has 0 aliphatic carbocycles. The van der Waals surface area contributed by atoms with Gasteiger partial charge in [-0.05, 0) is 37.1 Å². The molecular weight excluding hydrogens is 230 g/mol. The van der Waals surface area contributed by atoms with Crippen LogP contribution in [0.4, 0.5) is 0 Å². The predicted octanol–water partition coefficient (Wildman–Crippen LogP) is 1.91. The summed E-state index contributed by atoms with van der Waals surface area (Å²) in [6.45, 7) is 3.07. The van der Waals surface area contributed by atoms with E-state index in [-0.39, 0.29) is 12.6 Å². The molecule has 0 radical (unpaired) electrons. The molecule has 100 valence electrons. The number of carbonyl (C=O) groups excluding carboxylic acids is 1. The number of rotatable bonds is 8. The molecular formula is C14H21NO3. The summed E-state index contributed by atoms with van der Waals surface area (Å²) in [5, 5.41) is 0. The standard InChI is InChI=1S/C14H21NO3/c1-2-3-9-17-14(16)11-18-13-6-4-5-12(10-13)7-8-15/h4-6,10H,2-3,7-9,11,15H2,1H3. The van der Waals surface area contributed by atoms with Crippen molar-refractivity contribution in [2.24, 2.45) is 5.73 Å². The fourth-order valence-corrected chi connectivity index (χ4v) is 1.47. The van der Waals surface area contributed by atoms with Crippen LogP contribution in [-0.4, -0.2) is 25.7 Å². The van der Waals surface area contributed by atoms with Crippen LogP contribution < -0.4 is 10.5 Å². The third-order valence-corrected chi connectivity index (χ3v) is 2.45. The molecule has 1 aromatic carbocycles. The number of hydrogen-bond donors (Lipinski definition) is 1. The van der Waals surface area contributed by atoms with Gasteiger partial charge in [-0.3, -0.25) is 0 Å². The summed E-state index contributed by atoms with van der Waals surface area (Å²) in [6.07, 6.45) is 2.70. The van der Waals surface area contributed by atoms with E-state index in [1.54, 1.807) is 0 Å². The third-order valence-electron chi connectivity index (χ3n) is 2.45. The molecule has 2 N–H and O–H groups in total. The van der Waals surface area contributed by atoms with Crippen molar-refractivity contribution >= 4 is 5.97 Å². The number of benzene rings is 1. The Balaban J connectivity index is 2.33. The van der Waals surface area contributed by atoms with Crippen LogP contribution >= 0.6 is 0 Å². The minimum Gasteiger partial charge on any atom is -0.482 e. The summed E-state index contributed by atoms with van der Waals surface area (Å²) in [4.78, 5) is 11.3. The molecule has 0 bridgehead atoms. The number of unbranched alkanes of at least 4 members (excludes halogenated alkanes) is 1. The Bertz CT molecular complexity index is 366. The lowest BCUT2D eigenvalue weighted by atomic mass is 10.1. The topological polar surface area (TPSA) is 61.5 Å². The minimum absolute atomic E-state index is 0.0458. The largest absolute Gasteiger partial charge is 0.482 e. The summed E-state index contributed by atoms with van der Waals surface area (Å²) < 4.78 is 10.4. The molecule has 0 fully saturated rings. The lowest BCUT2D eigenvalue weighted by Gasteiger charge is -2.08. The Morgan fingerprint density at radius 2 is 2.22 bits per heavy atom. The number of esters is 1. The van der Waals surface area contributed by atoms with Gasteiger partial charge in [0, 0.05) is 0 Å². The number of hydrogen-bond acceptors (Lipinski definition) is 4. The van der Waals surface area contributed by atoms with Crippen molar-refractivity contribution in [1.29, 1.82) is 0 Å². The lowest BCUT2D eigenvalue weighted by Crippen LogP contribution is -2.15. The maximum Gasteiger partial charge on any atom is 0.344 e. The highest BCUT2D eigenvalue weighted by atomic mass is 16.6. The Morgan fingerprint density at radius 3 is 2.94 bits per heavy atom. The van der Waals surface area contributed by atoms with Gasteiger partial charge >= 0.3 is 5.97 Å². The van der Waals surface area contributed by atoms with Gasteiger partial charge in [0.15, 0.2) is 6.61 Å². The fraction of sp³-hybridized carbons (Fsp3) is 0.500. The van der Waals surface area contributed by atoms with Crippen LogP contribution in [0.1, 0.15) is 25.3 Å². The zero-order valence-corrected chi connectivity index (χ0v) is 10.9. The fourth-order valence-electron chi connectivity index (χ4n) is 1.47. The minimum atomic E-state index is -0.326. The van der Waals surface area contributed by atoms with Crippen LogP contribution in [0.5, 0.6) is 5.75 Å². The molecule has 0 aliphatic rings. The molecule has 4 nitrogen and oxygen atoms in total. The van der Waals surface area contributed by atoms with Crippen molar-refractivity contribution in [2.75, 3.05) is 19.8 Å². The van der Waals surface area contributed by atoms with Crippen molar-refractivity contribution in [1.82, 2.24) is 0 Å². The van der Waals surface area contributed by atoms with Crippen molar-refractivity contribution in [3.8, 4) is 5.75 Å². The zero-order chi connectivity index (χ0) is 13.2. The van der Waals surface area contributed by atoms with Crippen molar-refractivity contribution in [2.45, 2.75) is 26.2 Å². The summed E-state index contributed by atoms with van der Waals surface area (Å²) in [6, 6.07) is 7.59. The first-order valence-corrected chi connectivity index (χ1v) is 6.33. The van der Waals surface area contributed by atoms with Gasteiger partial charge in [-0.2, -0.15) is 0 Å². The summed E-state index contributed by atoms with van der Waals surface area (Å²) in [7, 11) is 0. The van der Waals surface area contributed by atoms with E-state index in [9.17, 15) is 4.79 Å². The van der Waals surface area contributed by atoms with E-state index in [0.29, 0.717) is 18.9 Å². The first-order valence-electron chi connectivity index (χ1n) is 6.33. The highest BCUT2D eigenvalue weighted by Crippen LogP contribution is 2.13. The van der Waals surface area contributed by atoms with Gasteiger partial charge in [0.1, 0.15) is 5.75 Å². The molecule has 0 aliphatic heterocycles.